The molecule has 0 unspecified atom stereocenters. The highest BCUT2D eigenvalue weighted by Gasteiger charge is 2.11. The Morgan fingerprint density at radius 1 is 1.47 bits per heavy atom. The normalized spacial score (nSPS) is 12.6. The van der Waals surface area contributed by atoms with Crippen molar-refractivity contribution in [3.63, 3.8) is 0 Å². The second kappa shape index (κ2) is 4.77. The summed E-state index contributed by atoms with van der Waals surface area (Å²) >= 11 is 0. The fourth-order valence-electron chi connectivity index (χ4n) is 0.920. The number of amides is 2. The van der Waals surface area contributed by atoms with Crippen molar-refractivity contribution in [2.45, 2.75) is 26.8 Å². The average molecular weight is 211 g/mol. The van der Waals surface area contributed by atoms with Gasteiger partial charge in [-0.3, -0.25) is 5.32 Å². The van der Waals surface area contributed by atoms with E-state index >= 15 is 0 Å². The summed E-state index contributed by atoms with van der Waals surface area (Å²) < 4.78 is 1.50. The Hall–Kier alpha value is -1.59. The van der Waals surface area contributed by atoms with Crippen LogP contribution in [0.5, 0.6) is 0 Å². The molecule has 0 spiro atoms. The smallest absolute Gasteiger partial charge is 0.321 e. The third-order valence-electron chi connectivity index (χ3n) is 2.30. The first kappa shape index (κ1) is 11.5. The van der Waals surface area contributed by atoms with Gasteiger partial charge < -0.3 is 5.32 Å². The fraction of sp³-hybridized carbons (Fsp3) is 0.667. The zero-order valence-corrected chi connectivity index (χ0v) is 9.48. The lowest BCUT2D eigenvalue weighted by Crippen LogP contribution is -2.39. The Bertz CT molecular complexity index is 333. The predicted octanol–water partition coefficient (Wildman–Crippen LogP) is 0.981. The molecule has 1 heterocycles. The van der Waals surface area contributed by atoms with Crippen molar-refractivity contribution in [2.75, 3.05) is 5.32 Å². The minimum absolute atomic E-state index is 0.123. The molecule has 1 rings (SSSR count). The quantitative estimate of drug-likeness (QED) is 0.782. The topological polar surface area (TPSA) is 71.8 Å². The molecule has 0 aliphatic heterocycles. The largest absolute Gasteiger partial charge is 0.335 e. The van der Waals surface area contributed by atoms with E-state index in [2.05, 4.69) is 20.7 Å². The number of carbonyl (C=O) groups is 1. The van der Waals surface area contributed by atoms with Gasteiger partial charge in [-0.2, -0.15) is 10.1 Å². The summed E-state index contributed by atoms with van der Waals surface area (Å²) in [6, 6.07) is -0.134. The lowest BCUT2D eigenvalue weighted by molar-refractivity contribution is 0.245. The maximum atomic E-state index is 11.5. The minimum atomic E-state index is -0.257. The molecule has 6 heteroatoms. The van der Waals surface area contributed by atoms with Crippen LogP contribution in [-0.4, -0.2) is 26.8 Å². The molecule has 15 heavy (non-hydrogen) atoms. The standard InChI is InChI=1S/C9H17N5O/c1-6(2)7(3)12-9(15)13-8-10-5-11-14(8)4/h5-7H,1-4H3,(H2,10,11,12,13,15)/t7-/m1/s1. The van der Waals surface area contributed by atoms with E-state index < -0.39 is 0 Å². The summed E-state index contributed by atoms with van der Waals surface area (Å²) in [5.41, 5.74) is 0. The van der Waals surface area contributed by atoms with E-state index in [1.807, 2.05) is 20.8 Å². The number of hydrogen-bond acceptors (Lipinski definition) is 3. The van der Waals surface area contributed by atoms with Gasteiger partial charge in [-0.15, -0.1) is 0 Å². The number of urea groups is 1. The van der Waals surface area contributed by atoms with Crippen LogP contribution in [0.25, 0.3) is 0 Å². The first-order chi connectivity index (χ1) is 7.00. The molecule has 6 nitrogen and oxygen atoms in total. The van der Waals surface area contributed by atoms with Crippen molar-refractivity contribution < 1.29 is 4.79 Å². The van der Waals surface area contributed by atoms with E-state index in [0.717, 1.165) is 0 Å². The van der Waals surface area contributed by atoms with Gasteiger partial charge in [0.25, 0.3) is 0 Å². The van der Waals surface area contributed by atoms with E-state index in [4.69, 9.17) is 0 Å². The van der Waals surface area contributed by atoms with Crippen molar-refractivity contribution in [1.29, 1.82) is 0 Å². The van der Waals surface area contributed by atoms with Crippen molar-refractivity contribution >= 4 is 12.0 Å². The summed E-state index contributed by atoms with van der Waals surface area (Å²) in [5, 5.41) is 9.28. The molecule has 0 aliphatic carbocycles. The first-order valence-corrected chi connectivity index (χ1v) is 4.92. The van der Waals surface area contributed by atoms with E-state index in [9.17, 15) is 4.79 Å². The molecule has 0 saturated carbocycles. The molecule has 2 amide bonds. The highest BCUT2D eigenvalue weighted by Crippen LogP contribution is 2.01. The molecular weight excluding hydrogens is 194 g/mol. The Morgan fingerprint density at radius 2 is 2.13 bits per heavy atom. The summed E-state index contributed by atoms with van der Waals surface area (Å²) in [6.45, 7) is 6.06. The van der Waals surface area contributed by atoms with Gasteiger partial charge in [0.05, 0.1) is 0 Å². The number of aromatic nitrogens is 3. The fourth-order valence-corrected chi connectivity index (χ4v) is 0.920. The molecule has 1 aromatic heterocycles. The van der Waals surface area contributed by atoms with Crippen LogP contribution in [0.2, 0.25) is 0 Å². The maximum absolute atomic E-state index is 11.5. The minimum Gasteiger partial charge on any atom is -0.335 e. The molecular formula is C9H17N5O. The van der Waals surface area contributed by atoms with Crippen LogP contribution in [-0.2, 0) is 7.05 Å². The maximum Gasteiger partial charge on any atom is 0.321 e. The van der Waals surface area contributed by atoms with Gasteiger partial charge in [-0.05, 0) is 12.8 Å². The van der Waals surface area contributed by atoms with E-state index in [1.54, 1.807) is 7.05 Å². The van der Waals surface area contributed by atoms with E-state index in [-0.39, 0.29) is 12.1 Å². The number of nitrogens with zero attached hydrogens (tertiary/aromatic N) is 3. The van der Waals surface area contributed by atoms with Crippen LogP contribution in [0.1, 0.15) is 20.8 Å². The predicted molar refractivity (Wildman–Crippen MR) is 57.5 cm³/mol. The average Bonchev–Trinajstić information content (AvgIpc) is 2.51. The summed E-state index contributed by atoms with van der Waals surface area (Å²) in [7, 11) is 1.72. The SMILES string of the molecule is CC(C)[C@@H](C)NC(=O)Nc1ncnn1C. The number of anilines is 1. The third kappa shape index (κ3) is 3.23. The molecule has 0 radical (unpaired) electrons. The Labute approximate surface area is 89.1 Å². The molecule has 0 aromatic carbocycles. The van der Waals surface area contributed by atoms with Crippen LogP contribution < -0.4 is 10.6 Å². The van der Waals surface area contributed by atoms with Crippen LogP contribution in [0.4, 0.5) is 10.7 Å². The molecule has 84 valence electrons. The second-order valence-electron chi connectivity index (χ2n) is 3.84. The summed E-state index contributed by atoms with van der Waals surface area (Å²) in [4.78, 5) is 15.4. The molecule has 2 N–H and O–H groups in total. The lowest BCUT2D eigenvalue weighted by atomic mass is 10.1. The molecule has 1 atom stereocenters. The number of aryl methyl sites for hydroxylation is 1. The van der Waals surface area contributed by atoms with Gasteiger partial charge >= 0.3 is 6.03 Å². The highest BCUT2D eigenvalue weighted by molar-refractivity contribution is 5.87. The van der Waals surface area contributed by atoms with Gasteiger partial charge in [0, 0.05) is 13.1 Å². The second-order valence-corrected chi connectivity index (χ2v) is 3.84. The monoisotopic (exact) mass is 211 g/mol. The molecule has 0 bridgehead atoms. The highest BCUT2D eigenvalue weighted by atomic mass is 16.2. The van der Waals surface area contributed by atoms with Gasteiger partial charge in [0.1, 0.15) is 6.33 Å². The van der Waals surface area contributed by atoms with Crippen molar-refractivity contribution in [3.8, 4) is 0 Å². The van der Waals surface area contributed by atoms with Gasteiger partial charge in [-0.1, -0.05) is 13.8 Å². The number of rotatable bonds is 3. The van der Waals surface area contributed by atoms with E-state index in [0.29, 0.717) is 11.9 Å². The van der Waals surface area contributed by atoms with Crippen molar-refractivity contribution in [1.82, 2.24) is 20.1 Å². The van der Waals surface area contributed by atoms with Crippen molar-refractivity contribution in [3.05, 3.63) is 6.33 Å². The first-order valence-electron chi connectivity index (χ1n) is 4.92. The van der Waals surface area contributed by atoms with Gasteiger partial charge in [0.15, 0.2) is 0 Å². The summed E-state index contributed by atoms with van der Waals surface area (Å²) in [6.07, 6.45) is 1.39. The molecule has 0 saturated heterocycles. The van der Waals surface area contributed by atoms with Crippen LogP contribution in [0.15, 0.2) is 6.33 Å². The van der Waals surface area contributed by atoms with Crippen LogP contribution in [0, 0.1) is 5.92 Å². The molecule has 0 fully saturated rings. The molecule has 1 aromatic rings. The van der Waals surface area contributed by atoms with E-state index in [1.165, 1.54) is 11.0 Å². The Kier molecular flexibility index (Phi) is 3.65. The van der Waals surface area contributed by atoms with Crippen LogP contribution in [0.3, 0.4) is 0 Å². The zero-order chi connectivity index (χ0) is 11.4. The molecule has 0 aliphatic rings. The van der Waals surface area contributed by atoms with Crippen molar-refractivity contribution in [2.24, 2.45) is 13.0 Å². The zero-order valence-electron chi connectivity index (χ0n) is 9.48. The summed E-state index contributed by atoms with van der Waals surface area (Å²) in [5.74, 6) is 0.832. The number of nitrogens with one attached hydrogen (secondary N) is 2. The number of carbonyl (C=O) groups excluding carboxylic acids is 1. The lowest BCUT2D eigenvalue weighted by Gasteiger charge is -2.17. The Morgan fingerprint density at radius 3 is 2.60 bits per heavy atom. The van der Waals surface area contributed by atoms with Gasteiger partial charge in [0.2, 0.25) is 5.95 Å². The van der Waals surface area contributed by atoms with Crippen LogP contribution >= 0.6 is 0 Å². The number of hydrogen-bond donors (Lipinski definition) is 2. The third-order valence-corrected chi connectivity index (χ3v) is 2.30. The Balaban J connectivity index is 2.47. The van der Waals surface area contributed by atoms with Gasteiger partial charge in [-0.25, -0.2) is 9.48 Å².